The molecule has 5 heteroatoms. The average Bonchev–Trinajstić information content (AvgIpc) is 2.37. The number of ether oxygens (including phenoxy) is 1. The molecule has 0 saturated carbocycles. The van der Waals surface area contributed by atoms with Gasteiger partial charge in [0.1, 0.15) is 5.60 Å². The van der Waals surface area contributed by atoms with Crippen LogP contribution in [0.2, 0.25) is 0 Å². The Balaban J connectivity index is 2.12. The van der Waals surface area contributed by atoms with Crippen LogP contribution in [0, 0.1) is 0 Å². The predicted octanol–water partition coefficient (Wildman–Crippen LogP) is 2.65. The van der Waals surface area contributed by atoms with Gasteiger partial charge < -0.3 is 15.4 Å². The molecule has 1 heterocycles. The minimum atomic E-state index is -0.446. The van der Waals surface area contributed by atoms with Crippen molar-refractivity contribution in [3.63, 3.8) is 0 Å². The molecule has 0 saturated heterocycles. The first-order chi connectivity index (χ1) is 9.38. The molecule has 0 aliphatic heterocycles. The first-order valence-corrected chi connectivity index (χ1v) is 6.98. The molecule has 0 unspecified atom stereocenters. The second-order valence-electron chi connectivity index (χ2n) is 5.74. The van der Waals surface area contributed by atoms with Crippen molar-refractivity contribution >= 4 is 6.09 Å². The zero-order valence-corrected chi connectivity index (χ0v) is 12.8. The maximum Gasteiger partial charge on any atom is 0.407 e. The van der Waals surface area contributed by atoms with E-state index in [1.54, 1.807) is 12.4 Å². The smallest absolute Gasteiger partial charge is 0.407 e. The number of amides is 1. The van der Waals surface area contributed by atoms with Crippen LogP contribution >= 0.6 is 0 Å². The second kappa shape index (κ2) is 7.85. The van der Waals surface area contributed by atoms with E-state index in [4.69, 9.17) is 4.74 Å². The van der Waals surface area contributed by atoms with Crippen molar-refractivity contribution in [2.75, 3.05) is 13.1 Å². The van der Waals surface area contributed by atoms with Crippen LogP contribution in [0.1, 0.15) is 45.7 Å². The molecule has 0 bridgehead atoms. The number of nitrogens with zero attached hydrogens (tertiary/aromatic N) is 1. The van der Waals surface area contributed by atoms with Gasteiger partial charge in [-0.15, -0.1) is 0 Å². The number of hydrogen-bond acceptors (Lipinski definition) is 4. The molecule has 1 amide bonds. The summed E-state index contributed by atoms with van der Waals surface area (Å²) in [7, 11) is 0. The second-order valence-corrected chi connectivity index (χ2v) is 5.74. The molecular weight excluding hydrogens is 254 g/mol. The zero-order valence-electron chi connectivity index (χ0n) is 12.8. The van der Waals surface area contributed by atoms with Crippen molar-refractivity contribution < 1.29 is 9.53 Å². The third-order valence-corrected chi connectivity index (χ3v) is 2.68. The van der Waals surface area contributed by atoms with Gasteiger partial charge in [-0.1, -0.05) is 0 Å². The fraction of sp³-hybridized carbons (Fsp3) is 0.600. The van der Waals surface area contributed by atoms with Gasteiger partial charge in [0.25, 0.3) is 0 Å². The molecule has 20 heavy (non-hydrogen) atoms. The fourth-order valence-electron chi connectivity index (χ4n) is 1.68. The molecule has 0 spiro atoms. The van der Waals surface area contributed by atoms with Crippen LogP contribution in [-0.4, -0.2) is 29.8 Å². The molecule has 0 aliphatic carbocycles. The maximum absolute atomic E-state index is 11.4. The molecular formula is C15H25N3O2. The SMILES string of the molecule is C[C@H](NCCCNC(=O)OC(C)(C)C)c1ccncc1. The Morgan fingerprint density at radius 2 is 1.95 bits per heavy atom. The summed E-state index contributed by atoms with van der Waals surface area (Å²) in [6.07, 6.45) is 4.07. The lowest BCUT2D eigenvalue weighted by Crippen LogP contribution is -2.34. The Morgan fingerprint density at radius 3 is 2.55 bits per heavy atom. The van der Waals surface area contributed by atoms with E-state index in [9.17, 15) is 4.79 Å². The lowest BCUT2D eigenvalue weighted by Gasteiger charge is -2.19. The molecule has 0 aromatic carbocycles. The lowest BCUT2D eigenvalue weighted by molar-refractivity contribution is 0.0527. The molecule has 1 aromatic rings. The number of rotatable bonds is 6. The first kappa shape index (κ1) is 16.4. The highest BCUT2D eigenvalue weighted by atomic mass is 16.6. The van der Waals surface area contributed by atoms with E-state index >= 15 is 0 Å². The van der Waals surface area contributed by atoms with E-state index in [2.05, 4.69) is 22.5 Å². The molecule has 1 rings (SSSR count). The summed E-state index contributed by atoms with van der Waals surface area (Å²) in [6.45, 7) is 9.10. The number of aromatic nitrogens is 1. The van der Waals surface area contributed by atoms with Crippen molar-refractivity contribution in [1.82, 2.24) is 15.6 Å². The molecule has 0 fully saturated rings. The number of alkyl carbamates (subject to hydrolysis) is 1. The van der Waals surface area contributed by atoms with Crippen LogP contribution in [0.3, 0.4) is 0 Å². The van der Waals surface area contributed by atoms with Gasteiger partial charge in [0.2, 0.25) is 0 Å². The number of nitrogens with one attached hydrogen (secondary N) is 2. The van der Waals surface area contributed by atoms with E-state index in [1.165, 1.54) is 5.56 Å². The predicted molar refractivity (Wildman–Crippen MR) is 79.5 cm³/mol. The number of hydrogen-bond donors (Lipinski definition) is 2. The number of carbonyl (C=O) groups is 1. The van der Waals surface area contributed by atoms with Crippen LogP contribution in [0.15, 0.2) is 24.5 Å². The number of pyridine rings is 1. The van der Waals surface area contributed by atoms with Gasteiger partial charge in [0, 0.05) is 25.0 Å². The topological polar surface area (TPSA) is 63.2 Å². The third kappa shape index (κ3) is 7.09. The average molecular weight is 279 g/mol. The molecule has 5 nitrogen and oxygen atoms in total. The third-order valence-electron chi connectivity index (χ3n) is 2.68. The summed E-state index contributed by atoms with van der Waals surface area (Å²) in [4.78, 5) is 15.4. The van der Waals surface area contributed by atoms with Gasteiger partial charge in [0.15, 0.2) is 0 Å². The highest BCUT2D eigenvalue weighted by molar-refractivity contribution is 5.67. The van der Waals surface area contributed by atoms with Gasteiger partial charge >= 0.3 is 6.09 Å². The Hall–Kier alpha value is -1.62. The van der Waals surface area contributed by atoms with Gasteiger partial charge in [0.05, 0.1) is 0 Å². The zero-order chi connectivity index (χ0) is 15.0. The van der Waals surface area contributed by atoms with E-state index < -0.39 is 5.60 Å². The Bertz CT molecular complexity index is 401. The molecule has 0 aliphatic rings. The monoisotopic (exact) mass is 279 g/mol. The molecule has 112 valence electrons. The van der Waals surface area contributed by atoms with Gasteiger partial charge in [-0.3, -0.25) is 4.98 Å². The lowest BCUT2D eigenvalue weighted by atomic mass is 10.1. The minimum Gasteiger partial charge on any atom is -0.444 e. The summed E-state index contributed by atoms with van der Waals surface area (Å²) >= 11 is 0. The van der Waals surface area contributed by atoms with Gasteiger partial charge in [-0.2, -0.15) is 0 Å². The summed E-state index contributed by atoms with van der Waals surface area (Å²) in [6, 6.07) is 4.27. The van der Waals surface area contributed by atoms with Gasteiger partial charge in [-0.25, -0.2) is 4.79 Å². The van der Waals surface area contributed by atoms with E-state index in [0.29, 0.717) is 6.54 Å². The van der Waals surface area contributed by atoms with Crippen LogP contribution in [0.4, 0.5) is 4.79 Å². The summed E-state index contributed by atoms with van der Waals surface area (Å²) in [5.74, 6) is 0. The first-order valence-electron chi connectivity index (χ1n) is 6.98. The van der Waals surface area contributed by atoms with Gasteiger partial charge in [-0.05, 0) is 58.4 Å². The van der Waals surface area contributed by atoms with Crippen molar-refractivity contribution in [2.24, 2.45) is 0 Å². The van der Waals surface area contributed by atoms with Crippen molar-refractivity contribution in [3.8, 4) is 0 Å². The standard InChI is InChI=1S/C15H25N3O2/c1-12(13-6-10-16-11-7-13)17-8-5-9-18-14(19)20-15(2,3)4/h6-7,10-12,17H,5,8-9H2,1-4H3,(H,18,19)/t12-/m0/s1. The van der Waals surface area contributed by atoms with E-state index in [0.717, 1.165) is 13.0 Å². The van der Waals surface area contributed by atoms with Crippen LogP contribution in [0.5, 0.6) is 0 Å². The van der Waals surface area contributed by atoms with Crippen LogP contribution in [0.25, 0.3) is 0 Å². The van der Waals surface area contributed by atoms with Crippen molar-refractivity contribution in [3.05, 3.63) is 30.1 Å². The van der Waals surface area contributed by atoms with Crippen molar-refractivity contribution in [1.29, 1.82) is 0 Å². The fourth-order valence-corrected chi connectivity index (χ4v) is 1.68. The summed E-state index contributed by atoms with van der Waals surface area (Å²) in [5, 5.41) is 6.14. The van der Waals surface area contributed by atoms with Crippen LogP contribution < -0.4 is 10.6 Å². The molecule has 0 radical (unpaired) electrons. The Kier molecular flexibility index (Phi) is 6.45. The maximum atomic E-state index is 11.4. The molecule has 1 aromatic heterocycles. The largest absolute Gasteiger partial charge is 0.444 e. The van der Waals surface area contributed by atoms with Crippen LogP contribution in [-0.2, 0) is 4.74 Å². The highest BCUT2D eigenvalue weighted by Crippen LogP contribution is 2.09. The Morgan fingerprint density at radius 1 is 1.30 bits per heavy atom. The minimum absolute atomic E-state index is 0.277. The van der Waals surface area contributed by atoms with E-state index in [-0.39, 0.29) is 12.1 Å². The summed E-state index contributed by atoms with van der Waals surface area (Å²) < 4.78 is 5.16. The summed E-state index contributed by atoms with van der Waals surface area (Å²) in [5.41, 5.74) is 0.762. The molecule has 1 atom stereocenters. The number of carbonyl (C=O) groups excluding carboxylic acids is 1. The normalized spacial score (nSPS) is 12.8. The Labute approximate surface area is 121 Å². The van der Waals surface area contributed by atoms with E-state index in [1.807, 2.05) is 32.9 Å². The highest BCUT2D eigenvalue weighted by Gasteiger charge is 2.15. The quantitative estimate of drug-likeness (QED) is 0.786. The van der Waals surface area contributed by atoms with Crippen molar-refractivity contribution in [2.45, 2.75) is 45.8 Å². The molecule has 2 N–H and O–H groups in total.